The van der Waals surface area contributed by atoms with Gasteiger partial charge in [-0.3, -0.25) is 9.59 Å². The number of amides is 2. The zero-order valence-electron chi connectivity index (χ0n) is 9.91. The lowest BCUT2D eigenvalue weighted by Crippen LogP contribution is -2.38. The van der Waals surface area contributed by atoms with Gasteiger partial charge in [0.25, 0.3) is 0 Å². The maximum absolute atomic E-state index is 11.9. The minimum atomic E-state index is -5.09. The zero-order chi connectivity index (χ0) is 14.1. The van der Waals surface area contributed by atoms with E-state index in [2.05, 4.69) is 0 Å². The predicted octanol–water partition coefficient (Wildman–Crippen LogP) is 2.37. The molecule has 1 unspecified atom stereocenters. The van der Waals surface area contributed by atoms with E-state index in [1.54, 1.807) is 6.92 Å². The fraction of sp³-hybridized carbons (Fsp3) is 0.778. The average Bonchev–Trinajstić information content (AvgIpc) is 2.28. The average molecular weight is 275 g/mol. The van der Waals surface area contributed by atoms with Crippen molar-refractivity contribution < 1.29 is 27.0 Å². The summed E-state index contributed by atoms with van der Waals surface area (Å²) in [5.74, 6) is -1.08. The molecular weight excluding hydrogens is 259 g/mol. The first kappa shape index (κ1) is 18.4. The van der Waals surface area contributed by atoms with Gasteiger partial charge in [-0.15, -0.1) is 0 Å². The number of hydrogen-bond donors (Lipinski definition) is 0. The van der Waals surface area contributed by atoms with Crippen molar-refractivity contribution in [3.63, 3.8) is 0 Å². The van der Waals surface area contributed by atoms with Gasteiger partial charge in [-0.05, 0) is 6.42 Å². The number of hydrogen-bond acceptors (Lipinski definition) is 3. The minimum absolute atomic E-state index is 0.225. The van der Waals surface area contributed by atoms with Crippen molar-refractivity contribution in [2.24, 2.45) is 0 Å². The van der Waals surface area contributed by atoms with Crippen LogP contribution in [0.5, 0.6) is 0 Å². The molecule has 8 heteroatoms. The summed E-state index contributed by atoms with van der Waals surface area (Å²) in [4.78, 5) is 21.2. The number of nitrogens with zero attached hydrogens (tertiary/aromatic N) is 1. The van der Waals surface area contributed by atoms with Crippen molar-refractivity contribution in [2.45, 2.75) is 45.5 Å². The van der Waals surface area contributed by atoms with Crippen LogP contribution in [0.15, 0.2) is 0 Å². The van der Waals surface area contributed by atoms with Crippen LogP contribution in [-0.2, 0) is 20.6 Å². The highest BCUT2D eigenvalue weighted by atomic mass is 32.2. The summed E-state index contributed by atoms with van der Waals surface area (Å²) in [6.45, 7) is 5.74. The molecule has 0 aliphatic rings. The van der Waals surface area contributed by atoms with Gasteiger partial charge in [-0.2, -0.15) is 17.5 Å². The summed E-state index contributed by atoms with van der Waals surface area (Å²) in [6.07, 6.45) is 0.355. The topological polar surface area (TPSA) is 54.5 Å². The van der Waals surface area contributed by atoms with E-state index in [1.165, 1.54) is 0 Å². The Morgan fingerprint density at radius 2 is 1.82 bits per heavy atom. The molecule has 0 aromatic rings. The van der Waals surface area contributed by atoms with Gasteiger partial charge in [-0.1, -0.05) is 27.2 Å². The molecule has 0 aliphatic heterocycles. The number of carbonyl (C=O) groups excluding carboxylic acids is 2. The molecule has 0 rings (SSSR count). The van der Waals surface area contributed by atoms with Crippen LogP contribution in [0.1, 0.15) is 40.0 Å². The summed E-state index contributed by atoms with van der Waals surface area (Å²) < 4.78 is 46.1. The van der Waals surface area contributed by atoms with Crippen molar-refractivity contribution >= 4 is 23.3 Å². The molecule has 0 N–H and O–H groups in total. The molecular formula is C9H16F3NO3S. The third kappa shape index (κ3) is 7.09. The molecule has 0 radical (unpaired) electrons. The smallest absolute Gasteiger partial charge is 0.277 e. The first-order chi connectivity index (χ1) is 7.84. The molecule has 17 heavy (non-hydrogen) atoms. The molecule has 0 saturated carbocycles. The van der Waals surface area contributed by atoms with E-state index in [0.29, 0.717) is 12.8 Å². The Morgan fingerprint density at radius 1 is 1.35 bits per heavy atom. The number of rotatable bonds is 5. The monoisotopic (exact) mass is 275 g/mol. The van der Waals surface area contributed by atoms with E-state index in [0.717, 1.165) is 0 Å². The van der Waals surface area contributed by atoms with E-state index in [4.69, 9.17) is 0 Å². The highest BCUT2D eigenvalue weighted by molar-refractivity contribution is 7.84. The second-order valence-corrected chi connectivity index (χ2v) is 3.98. The van der Waals surface area contributed by atoms with Crippen molar-refractivity contribution in [1.29, 1.82) is 0 Å². The lowest BCUT2D eigenvalue weighted by molar-refractivity contribution is -0.133. The molecule has 0 aromatic carbocycles. The van der Waals surface area contributed by atoms with Crippen LogP contribution < -0.4 is 0 Å². The van der Waals surface area contributed by atoms with Crippen molar-refractivity contribution in [1.82, 2.24) is 4.31 Å². The summed E-state index contributed by atoms with van der Waals surface area (Å²) in [5.41, 5.74) is -5.09. The lowest BCUT2D eigenvalue weighted by Gasteiger charge is -2.15. The molecule has 0 saturated heterocycles. The van der Waals surface area contributed by atoms with Crippen LogP contribution in [0.4, 0.5) is 13.2 Å². The van der Waals surface area contributed by atoms with Crippen LogP contribution in [0.2, 0.25) is 0 Å². The Kier molecular flexibility index (Phi) is 9.92. The van der Waals surface area contributed by atoms with Crippen molar-refractivity contribution in [3.8, 4) is 0 Å². The highest BCUT2D eigenvalue weighted by Gasteiger charge is 2.43. The quantitative estimate of drug-likeness (QED) is 0.724. The summed E-state index contributed by atoms with van der Waals surface area (Å²) in [7, 11) is -3.59. The minimum Gasteiger partial charge on any atom is -0.277 e. The predicted molar refractivity (Wildman–Crippen MR) is 58.0 cm³/mol. The standard InChI is InChI=1S/C7H10F3NO3S.C2H6/c1-2-3-4-6(13)11(5-12)15(14)7(8,9)10;1-2/h5H,2-4H2,1H3;1-2H3. The summed E-state index contributed by atoms with van der Waals surface area (Å²) >= 11 is 0. The van der Waals surface area contributed by atoms with Crippen LogP contribution in [-0.4, -0.2) is 26.3 Å². The maximum atomic E-state index is 11.9. The SMILES string of the molecule is CC.CCCCC(=O)N(C=O)S(=O)C(F)(F)F. The fourth-order valence-corrected chi connectivity index (χ4v) is 1.32. The van der Waals surface area contributed by atoms with Crippen LogP contribution in [0.25, 0.3) is 0 Å². The number of imide groups is 1. The second-order valence-electron chi connectivity index (χ2n) is 2.62. The first-order valence-electron chi connectivity index (χ1n) is 5.10. The van der Waals surface area contributed by atoms with E-state index < -0.39 is 22.4 Å². The maximum Gasteiger partial charge on any atom is 0.491 e. The highest BCUT2D eigenvalue weighted by Crippen LogP contribution is 2.22. The van der Waals surface area contributed by atoms with E-state index >= 15 is 0 Å². The second kappa shape index (κ2) is 9.15. The van der Waals surface area contributed by atoms with E-state index in [-0.39, 0.29) is 17.1 Å². The molecule has 4 nitrogen and oxygen atoms in total. The van der Waals surface area contributed by atoms with Gasteiger partial charge in [0.1, 0.15) is 0 Å². The van der Waals surface area contributed by atoms with Crippen molar-refractivity contribution in [3.05, 3.63) is 0 Å². The Morgan fingerprint density at radius 3 is 2.12 bits per heavy atom. The van der Waals surface area contributed by atoms with E-state index in [1.807, 2.05) is 13.8 Å². The van der Waals surface area contributed by atoms with Crippen LogP contribution in [0, 0.1) is 0 Å². The van der Waals surface area contributed by atoms with Gasteiger partial charge < -0.3 is 0 Å². The molecule has 0 spiro atoms. The van der Waals surface area contributed by atoms with Gasteiger partial charge >= 0.3 is 5.51 Å². The number of alkyl halides is 3. The Hall–Kier alpha value is -0.920. The molecule has 0 aliphatic carbocycles. The fourth-order valence-electron chi connectivity index (χ4n) is 0.740. The number of carbonyl (C=O) groups is 2. The number of halogens is 3. The molecule has 0 fully saturated rings. The van der Waals surface area contributed by atoms with Gasteiger partial charge in [-0.25, -0.2) is 4.21 Å². The normalized spacial score (nSPS) is 12.1. The van der Waals surface area contributed by atoms with Crippen LogP contribution >= 0.6 is 0 Å². The molecule has 0 bridgehead atoms. The Bertz CT molecular complexity index is 269. The van der Waals surface area contributed by atoms with Gasteiger partial charge in [0, 0.05) is 6.42 Å². The Balaban J connectivity index is 0. The first-order valence-corrected chi connectivity index (χ1v) is 6.21. The van der Waals surface area contributed by atoms with Gasteiger partial charge in [0.05, 0.1) is 0 Å². The number of unbranched alkanes of at least 4 members (excludes halogenated alkanes) is 1. The molecule has 2 amide bonds. The molecule has 1 atom stereocenters. The van der Waals surface area contributed by atoms with E-state index in [9.17, 15) is 27.0 Å². The third-order valence-corrected chi connectivity index (χ3v) is 2.51. The van der Waals surface area contributed by atoms with Gasteiger partial charge in [0.15, 0.2) is 0 Å². The summed E-state index contributed by atoms with van der Waals surface area (Å²) in [6, 6.07) is 0. The molecule has 0 aromatic heterocycles. The van der Waals surface area contributed by atoms with Gasteiger partial charge in [0.2, 0.25) is 23.3 Å². The zero-order valence-corrected chi connectivity index (χ0v) is 10.7. The third-order valence-electron chi connectivity index (χ3n) is 1.46. The largest absolute Gasteiger partial charge is 0.491 e. The summed E-state index contributed by atoms with van der Waals surface area (Å²) in [5, 5.41) is 0. The van der Waals surface area contributed by atoms with Crippen LogP contribution in [0.3, 0.4) is 0 Å². The molecule has 102 valence electrons. The van der Waals surface area contributed by atoms with Crippen molar-refractivity contribution in [2.75, 3.05) is 0 Å². The molecule has 0 heterocycles. The Labute approximate surface area is 101 Å². The lowest BCUT2D eigenvalue weighted by atomic mass is 10.2.